The van der Waals surface area contributed by atoms with E-state index in [4.69, 9.17) is 5.26 Å². The van der Waals surface area contributed by atoms with E-state index >= 15 is 0 Å². The molecule has 3 nitrogen and oxygen atoms in total. The molecule has 1 aromatic rings. The van der Waals surface area contributed by atoms with Crippen molar-refractivity contribution in [2.24, 2.45) is 0 Å². The van der Waals surface area contributed by atoms with Crippen LogP contribution in [0.15, 0.2) is 40.9 Å². The van der Waals surface area contributed by atoms with Gasteiger partial charge in [-0.05, 0) is 31.2 Å². The quantitative estimate of drug-likeness (QED) is 0.630. The van der Waals surface area contributed by atoms with Crippen molar-refractivity contribution >= 4 is 27.5 Å². The number of benzene rings is 1. The zero-order valence-corrected chi connectivity index (χ0v) is 10.5. The first kappa shape index (κ1) is 12.5. The summed E-state index contributed by atoms with van der Waals surface area (Å²) >= 11 is 3.31. The van der Waals surface area contributed by atoms with Gasteiger partial charge in [-0.1, -0.05) is 22.5 Å². The molecule has 0 aliphatic rings. The molecular weight excluding hydrogens is 268 g/mol. The van der Waals surface area contributed by atoms with Gasteiger partial charge >= 0.3 is 0 Å². The Labute approximate surface area is 103 Å². The van der Waals surface area contributed by atoms with E-state index in [1.165, 1.54) is 4.90 Å². The molecule has 0 saturated carbocycles. The molecule has 0 heterocycles. The minimum Gasteiger partial charge on any atom is -0.295 e. The average Bonchev–Trinajstić information content (AvgIpc) is 2.26. The highest BCUT2D eigenvalue weighted by Gasteiger charge is 2.15. The molecular formula is C12H11BrN2O. The number of anilines is 1. The Morgan fingerprint density at radius 1 is 1.50 bits per heavy atom. The molecule has 0 aromatic heterocycles. The summed E-state index contributed by atoms with van der Waals surface area (Å²) in [5.41, 5.74) is 1.11. The molecule has 0 saturated heterocycles. The van der Waals surface area contributed by atoms with Crippen molar-refractivity contribution in [1.82, 2.24) is 0 Å². The molecule has 0 fully saturated rings. The van der Waals surface area contributed by atoms with Crippen LogP contribution >= 0.6 is 15.9 Å². The van der Waals surface area contributed by atoms with E-state index in [1.54, 1.807) is 19.1 Å². The number of carbonyl (C=O) groups excluding carboxylic acids is 1. The lowest BCUT2D eigenvalue weighted by atomic mass is 10.2. The highest BCUT2D eigenvalue weighted by Crippen LogP contribution is 2.19. The third-order valence-electron chi connectivity index (χ3n) is 1.98. The van der Waals surface area contributed by atoms with Gasteiger partial charge in [-0.15, -0.1) is 0 Å². The van der Waals surface area contributed by atoms with E-state index in [-0.39, 0.29) is 12.5 Å². The van der Waals surface area contributed by atoms with E-state index in [9.17, 15) is 4.79 Å². The van der Waals surface area contributed by atoms with Crippen LogP contribution in [0.3, 0.4) is 0 Å². The van der Waals surface area contributed by atoms with Gasteiger partial charge in [-0.2, -0.15) is 5.26 Å². The Morgan fingerprint density at radius 2 is 2.06 bits per heavy atom. The van der Waals surface area contributed by atoms with Crippen LogP contribution in [0.1, 0.15) is 6.92 Å². The van der Waals surface area contributed by atoms with Gasteiger partial charge in [-0.25, -0.2) is 0 Å². The Kier molecular flexibility index (Phi) is 4.27. The number of hydrogen-bond acceptors (Lipinski definition) is 2. The molecule has 16 heavy (non-hydrogen) atoms. The molecule has 0 bridgehead atoms. The normalized spacial score (nSPS) is 9.31. The highest BCUT2D eigenvalue weighted by molar-refractivity contribution is 9.10. The van der Waals surface area contributed by atoms with Gasteiger partial charge in [0.25, 0.3) is 5.91 Å². The van der Waals surface area contributed by atoms with E-state index in [1.807, 2.05) is 18.2 Å². The van der Waals surface area contributed by atoms with Crippen molar-refractivity contribution in [3.63, 3.8) is 0 Å². The summed E-state index contributed by atoms with van der Waals surface area (Å²) in [5.74, 6) is -0.233. The van der Waals surface area contributed by atoms with Crippen LogP contribution in [0.25, 0.3) is 0 Å². The van der Waals surface area contributed by atoms with E-state index in [0.29, 0.717) is 11.3 Å². The fourth-order valence-corrected chi connectivity index (χ4v) is 1.47. The van der Waals surface area contributed by atoms with E-state index in [2.05, 4.69) is 22.5 Å². The average molecular weight is 279 g/mol. The zero-order valence-electron chi connectivity index (χ0n) is 8.90. The van der Waals surface area contributed by atoms with Crippen LogP contribution in [-0.2, 0) is 4.79 Å². The van der Waals surface area contributed by atoms with Gasteiger partial charge in [0, 0.05) is 15.7 Å². The van der Waals surface area contributed by atoms with Crippen LogP contribution < -0.4 is 4.90 Å². The zero-order chi connectivity index (χ0) is 12.1. The Hall–Kier alpha value is -1.60. The third kappa shape index (κ3) is 2.94. The van der Waals surface area contributed by atoms with Crippen molar-refractivity contribution < 1.29 is 4.79 Å². The number of hydrogen-bond donors (Lipinski definition) is 0. The number of amides is 1. The van der Waals surface area contributed by atoms with Crippen molar-refractivity contribution in [2.45, 2.75) is 6.92 Å². The smallest absolute Gasteiger partial charge is 0.254 e. The fourth-order valence-electron chi connectivity index (χ4n) is 1.20. The maximum absolute atomic E-state index is 11.8. The minimum atomic E-state index is -0.233. The Morgan fingerprint density at radius 3 is 2.50 bits per heavy atom. The molecule has 1 aromatic carbocycles. The summed E-state index contributed by atoms with van der Waals surface area (Å²) in [6.07, 6.45) is 0. The summed E-state index contributed by atoms with van der Waals surface area (Å²) in [6.45, 7) is 5.24. The topological polar surface area (TPSA) is 44.1 Å². The number of rotatable bonds is 3. The van der Waals surface area contributed by atoms with E-state index < -0.39 is 0 Å². The van der Waals surface area contributed by atoms with Gasteiger partial charge in [0.15, 0.2) is 0 Å². The molecule has 0 atom stereocenters. The van der Waals surface area contributed by atoms with Crippen LogP contribution in [0.2, 0.25) is 0 Å². The predicted molar refractivity (Wildman–Crippen MR) is 66.9 cm³/mol. The summed E-state index contributed by atoms with van der Waals surface area (Å²) in [5, 5.41) is 8.70. The SMILES string of the molecule is C=C(C)C(=O)N(CC#N)c1ccc(Br)cc1. The van der Waals surface area contributed by atoms with Crippen LogP contribution in [0, 0.1) is 11.3 Å². The molecule has 0 aliphatic carbocycles. The monoisotopic (exact) mass is 278 g/mol. The predicted octanol–water partition coefficient (Wildman–Crippen LogP) is 2.88. The second-order valence-electron chi connectivity index (χ2n) is 3.31. The standard InChI is InChI=1S/C12H11BrN2O/c1-9(2)12(16)15(8-7-14)11-5-3-10(13)4-6-11/h3-6H,1,8H2,2H3. The van der Waals surface area contributed by atoms with Crippen molar-refractivity contribution in [2.75, 3.05) is 11.4 Å². The lowest BCUT2D eigenvalue weighted by Crippen LogP contribution is -2.31. The lowest BCUT2D eigenvalue weighted by Gasteiger charge is -2.19. The number of halogens is 1. The Bertz CT molecular complexity index is 445. The fraction of sp³-hybridized carbons (Fsp3) is 0.167. The summed E-state index contributed by atoms with van der Waals surface area (Å²) in [4.78, 5) is 13.2. The molecule has 0 N–H and O–H groups in total. The maximum atomic E-state index is 11.8. The van der Waals surface area contributed by atoms with E-state index in [0.717, 1.165) is 4.47 Å². The van der Waals surface area contributed by atoms with Gasteiger partial charge in [-0.3, -0.25) is 9.69 Å². The summed E-state index contributed by atoms with van der Waals surface area (Å²) in [7, 11) is 0. The van der Waals surface area contributed by atoms with Crippen molar-refractivity contribution in [3.8, 4) is 6.07 Å². The van der Waals surface area contributed by atoms with Gasteiger partial charge in [0.05, 0.1) is 6.07 Å². The summed E-state index contributed by atoms with van der Waals surface area (Å²) in [6, 6.07) is 9.18. The molecule has 4 heteroatoms. The van der Waals surface area contributed by atoms with Crippen LogP contribution in [0.5, 0.6) is 0 Å². The van der Waals surface area contributed by atoms with Crippen LogP contribution in [-0.4, -0.2) is 12.5 Å². The number of nitriles is 1. The first-order valence-corrected chi connectivity index (χ1v) is 5.45. The molecule has 1 rings (SSSR count). The largest absolute Gasteiger partial charge is 0.295 e. The van der Waals surface area contributed by atoms with Crippen molar-refractivity contribution in [3.05, 3.63) is 40.9 Å². The molecule has 1 amide bonds. The molecule has 0 aliphatic heterocycles. The second kappa shape index (κ2) is 5.47. The maximum Gasteiger partial charge on any atom is 0.254 e. The summed E-state index contributed by atoms with van der Waals surface area (Å²) < 4.78 is 0.927. The molecule has 0 unspecified atom stereocenters. The molecule has 0 radical (unpaired) electrons. The van der Waals surface area contributed by atoms with Crippen LogP contribution in [0.4, 0.5) is 5.69 Å². The Balaban J connectivity index is 3.03. The third-order valence-corrected chi connectivity index (χ3v) is 2.51. The second-order valence-corrected chi connectivity index (χ2v) is 4.22. The molecule has 0 spiro atoms. The van der Waals surface area contributed by atoms with Gasteiger partial charge < -0.3 is 0 Å². The minimum absolute atomic E-state index is 0.0212. The van der Waals surface area contributed by atoms with Gasteiger partial charge in [0.2, 0.25) is 0 Å². The molecule has 82 valence electrons. The lowest BCUT2D eigenvalue weighted by molar-refractivity contribution is -0.114. The first-order chi connectivity index (χ1) is 7.56. The highest BCUT2D eigenvalue weighted by atomic mass is 79.9. The first-order valence-electron chi connectivity index (χ1n) is 4.66. The number of nitrogens with zero attached hydrogens (tertiary/aromatic N) is 2. The van der Waals surface area contributed by atoms with Gasteiger partial charge in [0.1, 0.15) is 6.54 Å². The number of carbonyl (C=O) groups is 1. The van der Waals surface area contributed by atoms with Crippen molar-refractivity contribution in [1.29, 1.82) is 5.26 Å².